The lowest BCUT2D eigenvalue weighted by atomic mass is 9.79. The third-order valence-corrected chi connectivity index (χ3v) is 5.44. The first kappa shape index (κ1) is 12.6. The zero-order valence-corrected chi connectivity index (χ0v) is 11.9. The Labute approximate surface area is 114 Å². The molecular weight excluding hydrogens is 244 g/mol. The van der Waals surface area contributed by atoms with Crippen LogP contribution in [0.3, 0.4) is 0 Å². The van der Waals surface area contributed by atoms with E-state index in [1.807, 2.05) is 0 Å². The van der Waals surface area contributed by atoms with Gasteiger partial charge in [0.15, 0.2) is 0 Å². The van der Waals surface area contributed by atoms with Crippen LogP contribution in [-0.2, 0) is 18.9 Å². The highest BCUT2D eigenvalue weighted by atomic mass is 16.6. The number of rotatable bonds is 6. The quantitative estimate of drug-likeness (QED) is 0.689. The minimum atomic E-state index is 0.290. The van der Waals surface area contributed by atoms with Gasteiger partial charge in [0.1, 0.15) is 12.2 Å². The SMILES string of the molecule is CC12CC(OCC3CO3)C(C)(CC1OCC1CO1)C2. The monoisotopic (exact) mass is 268 g/mol. The molecule has 6 atom stereocenters. The fourth-order valence-corrected chi connectivity index (χ4v) is 4.19. The van der Waals surface area contributed by atoms with Crippen molar-refractivity contribution < 1.29 is 18.9 Å². The van der Waals surface area contributed by atoms with Crippen molar-refractivity contribution in [1.82, 2.24) is 0 Å². The molecule has 2 saturated carbocycles. The van der Waals surface area contributed by atoms with Crippen molar-refractivity contribution in [3.63, 3.8) is 0 Å². The van der Waals surface area contributed by atoms with Gasteiger partial charge in [0.05, 0.1) is 38.6 Å². The molecule has 2 saturated heterocycles. The Morgan fingerprint density at radius 1 is 0.895 bits per heavy atom. The molecular formula is C15H24O4. The van der Waals surface area contributed by atoms with E-state index in [9.17, 15) is 0 Å². The molecule has 4 fully saturated rings. The lowest BCUT2D eigenvalue weighted by Gasteiger charge is -2.37. The van der Waals surface area contributed by atoms with E-state index in [0.29, 0.717) is 35.2 Å². The lowest BCUT2D eigenvalue weighted by Crippen LogP contribution is -2.40. The summed E-state index contributed by atoms with van der Waals surface area (Å²) >= 11 is 0. The Bertz CT molecular complexity index is 331. The molecule has 0 amide bonds. The molecule has 2 bridgehead atoms. The van der Waals surface area contributed by atoms with E-state index in [2.05, 4.69) is 13.8 Å². The van der Waals surface area contributed by atoms with E-state index in [0.717, 1.165) is 39.3 Å². The van der Waals surface area contributed by atoms with Gasteiger partial charge in [0, 0.05) is 0 Å². The Kier molecular flexibility index (Phi) is 2.76. The van der Waals surface area contributed by atoms with Crippen LogP contribution < -0.4 is 0 Å². The number of hydrogen-bond acceptors (Lipinski definition) is 4. The molecule has 6 unspecified atom stereocenters. The number of epoxide rings is 2. The molecule has 4 heteroatoms. The maximum absolute atomic E-state index is 6.11. The molecule has 0 radical (unpaired) electrons. The number of ether oxygens (including phenoxy) is 4. The van der Waals surface area contributed by atoms with Crippen LogP contribution in [0.25, 0.3) is 0 Å². The predicted molar refractivity (Wildman–Crippen MR) is 69.0 cm³/mol. The highest BCUT2D eigenvalue weighted by Gasteiger charge is 2.61. The molecule has 0 aromatic heterocycles. The van der Waals surface area contributed by atoms with Gasteiger partial charge in [-0.1, -0.05) is 13.8 Å². The van der Waals surface area contributed by atoms with Gasteiger partial charge >= 0.3 is 0 Å². The zero-order valence-electron chi connectivity index (χ0n) is 11.9. The van der Waals surface area contributed by atoms with Crippen LogP contribution >= 0.6 is 0 Å². The van der Waals surface area contributed by atoms with Gasteiger partial charge in [-0.15, -0.1) is 0 Å². The molecule has 4 aliphatic rings. The molecule has 0 aromatic carbocycles. The van der Waals surface area contributed by atoms with E-state index < -0.39 is 0 Å². The van der Waals surface area contributed by atoms with Gasteiger partial charge in [-0.05, 0) is 30.1 Å². The maximum Gasteiger partial charge on any atom is 0.104 e. The summed E-state index contributed by atoms with van der Waals surface area (Å²) in [5.74, 6) is 0. The molecule has 0 N–H and O–H groups in total. The second kappa shape index (κ2) is 4.17. The van der Waals surface area contributed by atoms with Crippen LogP contribution in [0.4, 0.5) is 0 Å². The molecule has 2 aliphatic heterocycles. The summed E-state index contributed by atoms with van der Waals surface area (Å²) in [6.07, 6.45) is 5.01. The fraction of sp³-hybridized carbons (Fsp3) is 1.00. The summed E-state index contributed by atoms with van der Waals surface area (Å²) in [5, 5.41) is 0. The van der Waals surface area contributed by atoms with Crippen LogP contribution in [0.2, 0.25) is 0 Å². The van der Waals surface area contributed by atoms with E-state index in [1.54, 1.807) is 0 Å². The summed E-state index contributed by atoms with van der Waals surface area (Å²) in [6, 6.07) is 0. The van der Waals surface area contributed by atoms with E-state index in [-0.39, 0.29) is 0 Å². The van der Waals surface area contributed by atoms with Crippen molar-refractivity contribution in [3.05, 3.63) is 0 Å². The average molecular weight is 268 g/mol. The highest BCUT2D eigenvalue weighted by Crippen LogP contribution is 2.63. The lowest BCUT2D eigenvalue weighted by molar-refractivity contribution is -0.0891. The minimum absolute atomic E-state index is 0.290. The van der Waals surface area contributed by atoms with Crippen LogP contribution in [0, 0.1) is 10.8 Å². The number of hydrogen-bond donors (Lipinski definition) is 0. The van der Waals surface area contributed by atoms with Crippen molar-refractivity contribution in [2.75, 3.05) is 26.4 Å². The van der Waals surface area contributed by atoms with E-state index in [1.165, 1.54) is 6.42 Å². The van der Waals surface area contributed by atoms with Crippen molar-refractivity contribution >= 4 is 0 Å². The topological polar surface area (TPSA) is 43.5 Å². The van der Waals surface area contributed by atoms with E-state index >= 15 is 0 Å². The summed E-state index contributed by atoms with van der Waals surface area (Å²) in [5.41, 5.74) is 0.581. The predicted octanol–water partition coefficient (Wildman–Crippen LogP) is 1.76. The second-order valence-electron chi connectivity index (χ2n) is 7.45. The third kappa shape index (κ3) is 2.33. The third-order valence-electron chi connectivity index (χ3n) is 5.44. The standard InChI is InChI=1S/C15H24O4/c1-14-3-13(19-8-11-6-17-11)15(2,9-14)4-12(14)18-7-10-5-16-10/h10-13H,3-9H2,1-2H3. The van der Waals surface area contributed by atoms with Gasteiger partial charge in [0.25, 0.3) is 0 Å². The van der Waals surface area contributed by atoms with Crippen LogP contribution in [0.5, 0.6) is 0 Å². The molecule has 2 aliphatic carbocycles. The fourth-order valence-electron chi connectivity index (χ4n) is 4.19. The summed E-state index contributed by atoms with van der Waals surface area (Å²) in [4.78, 5) is 0. The van der Waals surface area contributed by atoms with Crippen LogP contribution in [-0.4, -0.2) is 50.8 Å². The zero-order chi connectivity index (χ0) is 13.1. The highest BCUT2D eigenvalue weighted by molar-refractivity contribution is 5.11. The Balaban J connectivity index is 1.36. The van der Waals surface area contributed by atoms with Crippen molar-refractivity contribution in [2.24, 2.45) is 10.8 Å². The van der Waals surface area contributed by atoms with Crippen LogP contribution in [0.1, 0.15) is 33.1 Å². The second-order valence-corrected chi connectivity index (χ2v) is 7.45. The molecule has 0 aromatic rings. The van der Waals surface area contributed by atoms with Crippen molar-refractivity contribution in [2.45, 2.75) is 57.5 Å². The van der Waals surface area contributed by atoms with Gasteiger partial charge in [-0.3, -0.25) is 0 Å². The smallest absolute Gasteiger partial charge is 0.104 e. The first-order valence-corrected chi connectivity index (χ1v) is 7.54. The Morgan fingerprint density at radius 3 is 1.63 bits per heavy atom. The largest absolute Gasteiger partial charge is 0.375 e. The van der Waals surface area contributed by atoms with Gasteiger partial charge in [0.2, 0.25) is 0 Å². The Hall–Kier alpha value is -0.160. The van der Waals surface area contributed by atoms with Gasteiger partial charge in [-0.25, -0.2) is 0 Å². The molecule has 19 heavy (non-hydrogen) atoms. The summed E-state index contributed by atoms with van der Waals surface area (Å²) in [6.45, 7) is 8.05. The molecule has 2 heterocycles. The maximum atomic E-state index is 6.11. The van der Waals surface area contributed by atoms with Gasteiger partial charge < -0.3 is 18.9 Å². The van der Waals surface area contributed by atoms with Crippen molar-refractivity contribution in [3.8, 4) is 0 Å². The first-order chi connectivity index (χ1) is 9.07. The minimum Gasteiger partial charge on any atom is -0.375 e. The average Bonchev–Trinajstić information content (AvgIpc) is 3.23. The van der Waals surface area contributed by atoms with Gasteiger partial charge in [-0.2, -0.15) is 0 Å². The van der Waals surface area contributed by atoms with E-state index in [4.69, 9.17) is 18.9 Å². The summed E-state index contributed by atoms with van der Waals surface area (Å²) in [7, 11) is 0. The molecule has 108 valence electrons. The van der Waals surface area contributed by atoms with Crippen molar-refractivity contribution in [1.29, 1.82) is 0 Å². The Morgan fingerprint density at radius 2 is 1.32 bits per heavy atom. The van der Waals surface area contributed by atoms with Crippen LogP contribution in [0.15, 0.2) is 0 Å². The molecule has 4 nitrogen and oxygen atoms in total. The number of fused-ring (bicyclic) bond motifs is 2. The molecule has 4 rings (SSSR count). The summed E-state index contributed by atoms with van der Waals surface area (Å²) < 4.78 is 22.7. The molecule has 0 spiro atoms. The normalized spacial score (nSPS) is 54.6. The first-order valence-electron chi connectivity index (χ1n) is 7.54.